The topological polar surface area (TPSA) is 96.2 Å². The van der Waals surface area contributed by atoms with Gasteiger partial charge in [-0.1, -0.05) is 0 Å². The lowest BCUT2D eigenvalue weighted by atomic mass is 10.2. The molecule has 0 radical (unpaired) electrons. The van der Waals surface area contributed by atoms with Crippen LogP contribution < -0.4 is 4.89 Å². The SMILES string of the molecule is O=C(OC(CO)CO)c1ccc(OO)cc1. The van der Waals surface area contributed by atoms with E-state index in [1.54, 1.807) is 0 Å². The van der Waals surface area contributed by atoms with E-state index in [0.29, 0.717) is 0 Å². The summed E-state index contributed by atoms with van der Waals surface area (Å²) in [4.78, 5) is 15.4. The van der Waals surface area contributed by atoms with Crippen LogP contribution in [0.1, 0.15) is 10.4 Å². The fourth-order valence-electron chi connectivity index (χ4n) is 1.00. The van der Waals surface area contributed by atoms with Crippen molar-refractivity contribution in [2.24, 2.45) is 0 Å². The lowest BCUT2D eigenvalue weighted by molar-refractivity contribution is -0.137. The van der Waals surface area contributed by atoms with Crippen molar-refractivity contribution >= 4 is 5.97 Å². The molecule has 0 heterocycles. The minimum absolute atomic E-state index is 0.192. The van der Waals surface area contributed by atoms with Crippen molar-refractivity contribution in [3.63, 3.8) is 0 Å². The van der Waals surface area contributed by atoms with Crippen molar-refractivity contribution in [3.8, 4) is 5.75 Å². The number of aliphatic hydroxyl groups is 2. The quantitative estimate of drug-likeness (QED) is 0.374. The first-order chi connectivity index (χ1) is 7.71. The van der Waals surface area contributed by atoms with Crippen LogP contribution in [0.15, 0.2) is 24.3 Å². The van der Waals surface area contributed by atoms with Crippen molar-refractivity contribution in [2.45, 2.75) is 6.10 Å². The standard InChI is InChI=1S/C10H12O6/c11-5-9(6-12)15-10(13)7-1-3-8(16-14)4-2-7/h1-4,9,11-12,14H,5-6H2. The van der Waals surface area contributed by atoms with Crippen LogP contribution in [-0.4, -0.2) is 40.8 Å². The smallest absolute Gasteiger partial charge is 0.338 e. The molecule has 0 aliphatic rings. The summed E-state index contributed by atoms with van der Waals surface area (Å²) in [6, 6.07) is 5.53. The molecule has 16 heavy (non-hydrogen) atoms. The minimum atomic E-state index is -0.929. The maximum atomic E-state index is 11.4. The second-order valence-corrected chi connectivity index (χ2v) is 3.01. The van der Waals surface area contributed by atoms with Gasteiger partial charge >= 0.3 is 5.97 Å². The van der Waals surface area contributed by atoms with Gasteiger partial charge in [-0.15, -0.1) is 0 Å². The summed E-state index contributed by atoms with van der Waals surface area (Å²) >= 11 is 0. The number of rotatable bonds is 5. The predicted molar refractivity (Wildman–Crippen MR) is 53.1 cm³/mol. The van der Waals surface area contributed by atoms with Crippen LogP contribution in [0.3, 0.4) is 0 Å². The van der Waals surface area contributed by atoms with Crippen LogP contribution in [0.4, 0.5) is 0 Å². The number of ether oxygens (including phenoxy) is 1. The number of carbonyl (C=O) groups is 1. The highest BCUT2D eigenvalue weighted by Gasteiger charge is 2.14. The minimum Gasteiger partial charge on any atom is -0.454 e. The number of hydrogen-bond donors (Lipinski definition) is 3. The zero-order valence-corrected chi connectivity index (χ0v) is 8.37. The first-order valence-electron chi connectivity index (χ1n) is 4.55. The molecule has 0 spiro atoms. The van der Waals surface area contributed by atoms with Gasteiger partial charge in [-0.2, -0.15) is 0 Å². The van der Waals surface area contributed by atoms with Crippen LogP contribution in [0, 0.1) is 0 Å². The van der Waals surface area contributed by atoms with Gasteiger partial charge in [0.15, 0.2) is 5.75 Å². The average Bonchev–Trinajstić information content (AvgIpc) is 2.35. The maximum Gasteiger partial charge on any atom is 0.338 e. The van der Waals surface area contributed by atoms with E-state index >= 15 is 0 Å². The highest BCUT2D eigenvalue weighted by molar-refractivity contribution is 5.89. The van der Waals surface area contributed by atoms with Crippen LogP contribution in [0.25, 0.3) is 0 Å². The fourth-order valence-corrected chi connectivity index (χ4v) is 1.00. The molecule has 0 amide bonds. The first kappa shape index (κ1) is 12.4. The Kier molecular flexibility index (Phi) is 4.71. The molecular formula is C10H12O6. The molecular weight excluding hydrogens is 216 g/mol. The van der Waals surface area contributed by atoms with Crippen molar-refractivity contribution in [2.75, 3.05) is 13.2 Å². The van der Waals surface area contributed by atoms with Gasteiger partial charge in [0, 0.05) is 0 Å². The second kappa shape index (κ2) is 6.06. The summed E-state index contributed by atoms with van der Waals surface area (Å²) in [7, 11) is 0. The van der Waals surface area contributed by atoms with Crippen LogP contribution >= 0.6 is 0 Å². The molecule has 0 unspecified atom stereocenters. The molecule has 0 saturated carbocycles. The number of aliphatic hydroxyl groups excluding tert-OH is 2. The van der Waals surface area contributed by atoms with E-state index in [9.17, 15) is 4.79 Å². The molecule has 0 fully saturated rings. The predicted octanol–water partition coefficient (Wildman–Crippen LogP) is 0.0484. The van der Waals surface area contributed by atoms with E-state index in [1.165, 1.54) is 24.3 Å². The molecule has 0 saturated heterocycles. The van der Waals surface area contributed by atoms with Gasteiger partial charge in [-0.25, -0.2) is 10.1 Å². The third-order valence-corrected chi connectivity index (χ3v) is 1.88. The van der Waals surface area contributed by atoms with Crippen LogP contribution in [-0.2, 0) is 4.74 Å². The van der Waals surface area contributed by atoms with Gasteiger partial charge in [-0.05, 0) is 24.3 Å². The van der Waals surface area contributed by atoms with Gasteiger partial charge in [0.1, 0.15) is 6.10 Å². The van der Waals surface area contributed by atoms with Gasteiger partial charge in [0.2, 0.25) is 0 Å². The Bertz CT molecular complexity index is 330. The molecule has 6 nitrogen and oxygen atoms in total. The fraction of sp³-hybridized carbons (Fsp3) is 0.300. The third-order valence-electron chi connectivity index (χ3n) is 1.88. The molecule has 0 aromatic heterocycles. The highest BCUT2D eigenvalue weighted by atomic mass is 17.1. The first-order valence-corrected chi connectivity index (χ1v) is 4.55. The Morgan fingerprint density at radius 2 is 1.75 bits per heavy atom. The third kappa shape index (κ3) is 3.20. The lowest BCUT2D eigenvalue weighted by Gasteiger charge is -2.12. The van der Waals surface area contributed by atoms with E-state index in [0.717, 1.165) is 0 Å². The van der Waals surface area contributed by atoms with Crippen LogP contribution in [0.2, 0.25) is 0 Å². The summed E-state index contributed by atoms with van der Waals surface area (Å²) in [6.07, 6.45) is -0.929. The number of benzene rings is 1. The van der Waals surface area contributed by atoms with Crippen LogP contribution in [0.5, 0.6) is 5.75 Å². The molecule has 0 aliphatic carbocycles. The largest absolute Gasteiger partial charge is 0.454 e. The summed E-state index contributed by atoms with van der Waals surface area (Å²) in [6.45, 7) is -0.889. The highest BCUT2D eigenvalue weighted by Crippen LogP contribution is 2.12. The average molecular weight is 228 g/mol. The lowest BCUT2D eigenvalue weighted by Crippen LogP contribution is -2.25. The molecule has 1 aromatic rings. The zero-order valence-electron chi connectivity index (χ0n) is 8.37. The van der Waals surface area contributed by atoms with E-state index in [4.69, 9.17) is 20.2 Å². The summed E-state index contributed by atoms with van der Waals surface area (Å²) in [5, 5.41) is 25.7. The Hall–Kier alpha value is -1.63. The van der Waals surface area contributed by atoms with Gasteiger partial charge < -0.3 is 19.8 Å². The maximum absolute atomic E-state index is 11.4. The molecule has 0 atom stereocenters. The molecule has 1 rings (SSSR count). The normalized spacial score (nSPS) is 10.2. The number of hydrogen-bond acceptors (Lipinski definition) is 6. The van der Waals surface area contributed by atoms with E-state index in [-0.39, 0.29) is 11.3 Å². The summed E-state index contributed by atoms with van der Waals surface area (Å²) in [5.41, 5.74) is 0.229. The Morgan fingerprint density at radius 3 is 2.19 bits per heavy atom. The molecule has 3 N–H and O–H groups in total. The molecule has 0 aliphatic heterocycles. The van der Waals surface area contributed by atoms with Crippen molar-refractivity contribution in [1.29, 1.82) is 0 Å². The number of carbonyl (C=O) groups excluding carboxylic acids is 1. The van der Waals surface area contributed by atoms with Gasteiger partial charge in [0.05, 0.1) is 18.8 Å². The second-order valence-electron chi connectivity index (χ2n) is 3.01. The van der Waals surface area contributed by atoms with E-state index in [1.807, 2.05) is 0 Å². The molecule has 0 bridgehead atoms. The van der Waals surface area contributed by atoms with Gasteiger partial charge in [0.25, 0.3) is 0 Å². The summed E-state index contributed by atoms with van der Waals surface area (Å²) < 4.78 is 4.77. The van der Waals surface area contributed by atoms with E-state index < -0.39 is 25.3 Å². The Balaban J connectivity index is 2.65. The summed E-state index contributed by atoms with van der Waals surface area (Å²) in [5.74, 6) is -0.477. The number of esters is 1. The van der Waals surface area contributed by atoms with Crippen molar-refractivity contribution in [1.82, 2.24) is 0 Å². The molecule has 1 aromatic carbocycles. The van der Waals surface area contributed by atoms with E-state index in [2.05, 4.69) is 4.89 Å². The van der Waals surface area contributed by atoms with Gasteiger partial charge in [-0.3, -0.25) is 0 Å². The zero-order chi connectivity index (χ0) is 12.0. The monoisotopic (exact) mass is 228 g/mol. The molecule has 88 valence electrons. The van der Waals surface area contributed by atoms with Crippen molar-refractivity contribution in [3.05, 3.63) is 29.8 Å². The molecule has 6 heteroatoms. The van der Waals surface area contributed by atoms with Crippen molar-refractivity contribution < 1.29 is 29.9 Å². The Morgan fingerprint density at radius 1 is 1.19 bits per heavy atom. The Labute approximate surface area is 91.6 Å².